The summed E-state index contributed by atoms with van der Waals surface area (Å²) in [7, 11) is 0. The summed E-state index contributed by atoms with van der Waals surface area (Å²) in [5.41, 5.74) is 5.15. The minimum absolute atomic E-state index is 0. The van der Waals surface area contributed by atoms with E-state index in [1.54, 1.807) is 0 Å². The molecule has 1 aliphatic carbocycles. The highest BCUT2D eigenvalue weighted by atomic mass is 35.5. The van der Waals surface area contributed by atoms with Gasteiger partial charge in [0.25, 0.3) is 0 Å². The Labute approximate surface area is 97.3 Å². The number of nitrogens with two attached hydrogens (primary N) is 1. The van der Waals surface area contributed by atoms with Gasteiger partial charge in [-0.3, -0.25) is 4.79 Å². The minimum atomic E-state index is -0.333. The van der Waals surface area contributed by atoms with Crippen LogP contribution in [0.4, 0.5) is 0 Å². The number of nitrogens with one attached hydrogen (secondary N) is 1. The van der Waals surface area contributed by atoms with Crippen LogP contribution < -0.4 is 11.1 Å². The quantitative estimate of drug-likeness (QED) is 0.713. The van der Waals surface area contributed by atoms with Gasteiger partial charge in [-0.25, -0.2) is 0 Å². The summed E-state index contributed by atoms with van der Waals surface area (Å²) in [5, 5.41) is 2.81. The fourth-order valence-electron chi connectivity index (χ4n) is 1.07. The summed E-state index contributed by atoms with van der Waals surface area (Å²) in [6.07, 6.45) is 2.49. The molecular weight excluding hydrogens is 216 g/mol. The Morgan fingerprint density at radius 1 is 1.53 bits per heavy atom. The van der Waals surface area contributed by atoms with Gasteiger partial charge in [0.2, 0.25) is 5.91 Å². The van der Waals surface area contributed by atoms with Crippen molar-refractivity contribution in [2.75, 3.05) is 19.8 Å². The Morgan fingerprint density at radius 3 is 2.60 bits per heavy atom. The van der Waals surface area contributed by atoms with E-state index >= 15 is 0 Å². The van der Waals surface area contributed by atoms with Crippen molar-refractivity contribution < 1.29 is 9.53 Å². The normalized spacial score (nSPS) is 15.7. The Bertz CT molecular complexity index is 206. The van der Waals surface area contributed by atoms with Crippen molar-refractivity contribution in [2.24, 2.45) is 11.7 Å². The zero-order valence-corrected chi connectivity index (χ0v) is 10.2. The number of hydrogen-bond acceptors (Lipinski definition) is 3. The van der Waals surface area contributed by atoms with Gasteiger partial charge in [-0.2, -0.15) is 0 Å². The van der Waals surface area contributed by atoms with Crippen molar-refractivity contribution in [3.8, 4) is 0 Å². The summed E-state index contributed by atoms with van der Waals surface area (Å²) < 4.78 is 5.26. The summed E-state index contributed by atoms with van der Waals surface area (Å²) >= 11 is 0. The molecule has 0 heterocycles. The Kier molecular flexibility index (Phi) is 6.17. The molecule has 0 spiro atoms. The highest BCUT2D eigenvalue weighted by Gasteiger charge is 2.22. The molecule has 1 aliphatic rings. The van der Waals surface area contributed by atoms with Gasteiger partial charge in [-0.15, -0.1) is 12.4 Å². The predicted octanol–water partition coefficient (Wildman–Crippen LogP) is 0.688. The first-order valence-corrected chi connectivity index (χ1v) is 5.12. The van der Waals surface area contributed by atoms with Gasteiger partial charge < -0.3 is 15.8 Å². The Balaban J connectivity index is 0.00000196. The lowest BCUT2D eigenvalue weighted by atomic mass is 10.1. The van der Waals surface area contributed by atoms with Gasteiger partial charge in [0.05, 0.1) is 6.61 Å². The van der Waals surface area contributed by atoms with Gasteiger partial charge in [-0.1, -0.05) is 0 Å². The summed E-state index contributed by atoms with van der Waals surface area (Å²) in [6.45, 7) is 5.09. The van der Waals surface area contributed by atoms with Crippen molar-refractivity contribution in [1.82, 2.24) is 5.32 Å². The molecule has 1 fully saturated rings. The van der Waals surface area contributed by atoms with E-state index in [4.69, 9.17) is 10.5 Å². The molecule has 0 aliphatic heterocycles. The molecule has 0 aromatic heterocycles. The molecule has 0 unspecified atom stereocenters. The SMILES string of the molecule is CC(C)(CN)NC(=O)COCC1CC1.Cl. The number of carbonyl (C=O) groups is 1. The molecule has 1 amide bonds. The number of amides is 1. The molecule has 1 saturated carbocycles. The molecular formula is C10H21ClN2O2. The zero-order valence-electron chi connectivity index (χ0n) is 9.41. The molecule has 90 valence electrons. The molecule has 0 aromatic rings. The van der Waals surface area contributed by atoms with E-state index < -0.39 is 0 Å². The highest BCUT2D eigenvalue weighted by Crippen LogP contribution is 2.28. The molecule has 0 saturated heterocycles. The lowest BCUT2D eigenvalue weighted by Crippen LogP contribution is -2.50. The number of ether oxygens (including phenoxy) is 1. The van der Waals surface area contributed by atoms with Gasteiger partial charge in [0, 0.05) is 12.1 Å². The number of halogens is 1. The number of rotatable bonds is 6. The van der Waals surface area contributed by atoms with Crippen LogP contribution in [-0.4, -0.2) is 31.2 Å². The largest absolute Gasteiger partial charge is 0.371 e. The first-order chi connectivity index (χ1) is 6.53. The number of carbonyl (C=O) groups excluding carboxylic acids is 1. The summed E-state index contributed by atoms with van der Waals surface area (Å²) in [5.74, 6) is 0.617. The van der Waals surface area contributed by atoms with E-state index in [0.717, 1.165) is 6.61 Å². The Hall–Kier alpha value is -0.320. The average molecular weight is 237 g/mol. The van der Waals surface area contributed by atoms with Crippen molar-refractivity contribution >= 4 is 18.3 Å². The van der Waals surface area contributed by atoms with Crippen LogP contribution in [0.5, 0.6) is 0 Å². The third kappa shape index (κ3) is 6.71. The van der Waals surface area contributed by atoms with E-state index in [1.165, 1.54) is 12.8 Å². The monoisotopic (exact) mass is 236 g/mol. The van der Waals surface area contributed by atoms with Crippen LogP contribution in [-0.2, 0) is 9.53 Å². The maximum Gasteiger partial charge on any atom is 0.246 e. The summed E-state index contributed by atoms with van der Waals surface area (Å²) in [4.78, 5) is 11.3. The second kappa shape index (κ2) is 6.30. The van der Waals surface area contributed by atoms with E-state index in [0.29, 0.717) is 12.5 Å². The standard InChI is InChI=1S/C10H20N2O2.ClH/c1-10(2,7-11)12-9(13)6-14-5-8-3-4-8;/h8H,3-7,11H2,1-2H3,(H,12,13);1H. The third-order valence-electron chi connectivity index (χ3n) is 2.27. The maximum absolute atomic E-state index is 11.3. The zero-order chi connectivity index (χ0) is 10.6. The molecule has 15 heavy (non-hydrogen) atoms. The second-order valence-electron chi connectivity index (χ2n) is 4.59. The lowest BCUT2D eigenvalue weighted by molar-refractivity contribution is -0.127. The fourth-order valence-corrected chi connectivity index (χ4v) is 1.07. The van der Waals surface area contributed by atoms with Crippen LogP contribution in [0.15, 0.2) is 0 Å². The minimum Gasteiger partial charge on any atom is -0.371 e. The summed E-state index contributed by atoms with van der Waals surface area (Å²) in [6, 6.07) is 0. The van der Waals surface area contributed by atoms with Crippen LogP contribution in [0.3, 0.4) is 0 Å². The fraction of sp³-hybridized carbons (Fsp3) is 0.900. The second-order valence-corrected chi connectivity index (χ2v) is 4.59. The average Bonchev–Trinajstić information content (AvgIpc) is 2.87. The molecule has 4 nitrogen and oxygen atoms in total. The lowest BCUT2D eigenvalue weighted by Gasteiger charge is -2.24. The van der Waals surface area contributed by atoms with Crippen LogP contribution in [0.1, 0.15) is 26.7 Å². The topological polar surface area (TPSA) is 64.3 Å². The Morgan fingerprint density at radius 2 is 2.13 bits per heavy atom. The van der Waals surface area contributed by atoms with Gasteiger partial charge in [-0.05, 0) is 32.6 Å². The van der Waals surface area contributed by atoms with Gasteiger partial charge in [0.15, 0.2) is 0 Å². The van der Waals surface area contributed by atoms with E-state index in [1.807, 2.05) is 13.8 Å². The van der Waals surface area contributed by atoms with Crippen LogP contribution >= 0.6 is 12.4 Å². The van der Waals surface area contributed by atoms with Crippen LogP contribution in [0.2, 0.25) is 0 Å². The highest BCUT2D eigenvalue weighted by molar-refractivity contribution is 5.85. The molecule has 0 radical (unpaired) electrons. The van der Waals surface area contributed by atoms with Gasteiger partial charge in [0.1, 0.15) is 6.61 Å². The molecule has 1 rings (SSSR count). The predicted molar refractivity (Wildman–Crippen MR) is 62.1 cm³/mol. The van der Waals surface area contributed by atoms with E-state index in [9.17, 15) is 4.79 Å². The van der Waals surface area contributed by atoms with E-state index in [-0.39, 0.29) is 30.5 Å². The molecule has 0 bridgehead atoms. The van der Waals surface area contributed by atoms with Gasteiger partial charge >= 0.3 is 0 Å². The molecule has 0 aromatic carbocycles. The van der Waals surface area contributed by atoms with Crippen molar-refractivity contribution in [3.63, 3.8) is 0 Å². The van der Waals surface area contributed by atoms with Crippen molar-refractivity contribution in [1.29, 1.82) is 0 Å². The third-order valence-corrected chi connectivity index (χ3v) is 2.27. The smallest absolute Gasteiger partial charge is 0.246 e. The van der Waals surface area contributed by atoms with Crippen LogP contribution in [0, 0.1) is 5.92 Å². The first-order valence-electron chi connectivity index (χ1n) is 5.12. The van der Waals surface area contributed by atoms with Crippen LogP contribution in [0.25, 0.3) is 0 Å². The number of hydrogen-bond donors (Lipinski definition) is 2. The molecule has 3 N–H and O–H groups in total. The van der Waals surface area contributed by atoms with E-state index in [2.05, 4.69) is 5.32 Å². The molecule has 5 heteroatoms. The first kappa shape index (κ1) is 14.7. The maximum atomic E-state index is 11.3. The van der Waals surface area contributed by atoms with Crippen molar-refractivity contribution in [2.45, 2.75) is 32.2 Å². The molecule has 0 atom stereocenters. The van der Waals surface area contributed by atoms with Crippen molar-refractivity contribution in [3.05, 3.63) is 0 Å².